The first-order valence-corrected chi connectivity index (χ1v) is 6.99. The van der Waals surface area contributed by atoms with Crippen molar-refractivity contribution in [1.29, 1.82) is 0 Å². The third-order valence-corrected chi connectivity index (χ3v) is 3.77. The van der Waals surface area contributed by atoms with Crippen molar-refractivity contribution in [2.24, 2.45) is 11.8 Å². The van der Waals surface area contributed by atoms with Crippen LogP contribution in [0.4, 0.5) is 0 Å². The maximum atomic E-state index is 3.78. The van der Waals surface area contributed by atoms with Gasteiger partial charge in [-0.15, -0.1) is 0 Å². The molecule has 90 valence electrons. The zero-order valence-corrected chi connectivity index (χ0v) is 10.9. The van der Waals surface area contributed by atoms with E-state index in [0.717, 1.165) is 17.9 Å². The average Bonchev–Trinajstić information content (AvgIpc) is 2.61. The summed E-state index contributed by atoms with van der Waals surface area (Å²) < 4.78 is 0. The molecule has 0 saturated heterocycles. The Hall–Kier alpha value is -0.0400. The van der Waals surface area contributed by atoms with E-state index >= 15 is 0 Å². The first-order valence-electron chi connectivity index (χ1n) is 6.99. The monoisotopic (exact) mass is 211 g/mol. The largest absolute Gasteiger partial charge is 0.314 e. The molecule has 0 spiro atoms. The van der Waals surface area contributed by atoms with Crippen molar-refractivity contribution in [2.75, 3.05) is 6.54 Å². The summed E-state index contributed by atoms with van der Waals surface area (Å²) in [7, 11) is 0. The number of hydrogen-bond acceptors (Lipinski definition) is 1. The van der Waals surface area contributed by atoms with Gasteiger partial charge in [-0.3, -0.25) is 0 Å². The number of hydrogen-bond donors (Lipinski definition) is 1. The van der Waals surface area contributed by atoms with E-state index in [0.29, 0.717) is 0 Å². The number of nitrogens with one attached hydrogen (secondary N) is 1. The summed E-state index contributed by atoms with van der Waals surface area (Å²) in [5, 5.41) is 3.78. The molecular weight excluding hydrogens is 182 g/mol. The van der Waals surface area contributed by atoms with E-state index in [9.17, 15) is 0 Å². The van der Waals surface area contributed by atoms with Crippen LogP contribution in [0, 0.1) is 11.8 Å². The highest BCUT2D eigenvalue weighted by Gasteiger charge is 2.21. The van der Waals surface area contributed by atoms with Crippen LogP contribution in [0.5, 0.6) is 0 Å². The molecule has 2 unspecified atom stereocenters. The molecule has 15 heavy (non-hydrogen) atoms. The van der Waals surface area contributed by atoms with Crippen molar-refractivity contribution in [3.63, 3.8) is 0 Å². The smallest absolute Gasteiger partial charge is 0.00669 e. The lowest BCUT2D eigenvalue weighted by atomic mass is 10.0. The third kappa shape index (κ3) is 5.01. The third-order valence-electron chi connectivity index (χ3n) is 3.77. The van der Waals surface area contributed by atoms with Gasteiger partial charge in [0.1, 0.15) is 0 Å². The van der Waals surface area contributed by atoms with Crippen LogP contribution in [0.1, 0.15) is 65.7 Å². The Morgan fingerprint density at radius 1 is 1.13 bits per heavy atom. The summed E-state index contributed by atoms with van der Waals surface area (Å²) >= 11 is 0. The fourth-order valence-electron chi connectivity index (χ4n) is 2.89. The maximum Gasteiger partial charge on any atom is 0.00669 e. The second-order valence-electron chi connectivity index (χ2n) is 5.47. The lowest BCUT2D eigenvalue weighted by molar-refractivity contribution is 0.389. The van der Waals surface area contributed by atoms with Crippen molar-refractivity contribution in [3.05, 3.63) is 0 Å². The van der Waals surface area contributed by atoms with Gasteiger partial charge in [0.2, 0.25) is 0 Å². The fraction of sp³-hybridized carbons (Fsp3) is 1.00. The highest BCUT2D eigenvalue weighted by Crippen LogP contribution is 2.29. The second-order valence-corrected chi connectivity index (χ2v) is 5.47. The summed E-state index contributed by atoms with van der Waals surface area (Å²) in [5.41, 5.74) is 0. The fourth-order valence-corrected chi connectivity index (χ4v) is 2.89. The van der Waals surface area contributed by atoms with Gasteiger partial charge in [-0.1, -0.05) is 40.0 Å². The lowest BCUT2D eigenvalue weighted by Crippen LogP contribution is -2.32. The van der Waals surface area contributed by atoms with Gasteiger partial charge in [-0.25, -0.2) is 0 Å². The minimum Gasteiger partial charge on any atom is -0.314 e. The van der Waals surface area contributed by atoms with Crippen LogP contribution in [0.3, 0.4) is 0 Å². The maximum absolute atomic E-state index is 3.78. The van der Waals surface area contributed by atoms with Crippen LogP contribution in [-0.2, 0) is 0 Å². The summed E-state index contributed by atoms with van der Waals surface area (Å²) in [5.74, 6) is 1.95. The van der Waals surface area contributed by atoms with Gasteiger partial charge in [-0.2, -0.15) is 0 Å². The molecule has 2 atom stereocenters. The van der Waals surface area contributed by atoms with Gasteiger partial charge >= 0.3 is 0 Å². The van der Waals surface area contributed by atoms with E-state index < -0.39 is 0 Å². The Balaban J connectivity index is 2.15. The van der Waals surface area contributed by atoms with Crippen molar-refractivity contribution < 1.29 is 0 Å². The molecule has 1 aliphatic carbocycles. The zero-order valence-electron chi connectivity index (χ0n) is 10.9. The van der Waals surface area contributed by atoms with Crippen LogP contribution in [0.15, 0.2) is 0 Å². The molecule has 1 nitrogen and oxygen atoms in total. The Morgan fingerprint density at radius 2 is 1.80 bits per heavy atom. The van der Waals surface area contributed by atoms with Crippen molar-refractivity contribution >= 4 is 0 Å². The van der Waals surface area contributed by atoms with Gasteiger partial charge in [0, 0.05) is 6.04 Å². The summed E-state index contributed by atoms with van der Waals surface area (Å²) in [4.78, 5) is 0. The zero-order chi connectivity index (χ0) is 11.1. The SMILES string of the molecule is CCCC(CCC)NCC1CCC(C)C1. The second kappa shape index (κ2) is 7.27. The van der Waals surface area contributed by atoms with E-state index in [1.165, 1.54) is 51.5 Å². The topological polar surface area (TPSA) is 12.0 Å². The molecule has 1 N–H and O–H groups in total. The molecule has 0 radical (unpaired) electrons. The van der Waals surface area contributed by atoms with Crippen molar-refractivity contribution in [2.45, 2.75) is 71.8 Å². The molecular formula is C14H29N. The van der Waals surface area contributed by atoms with Crippen LogP contribution in [0.2, 0.25) is 0 Å². The van der Waals surface area contributed by atoms with E-state index in [4.69, 9.17) is 0 Å². The van der Waals surface area contributed by atoms with Gasteiger partial charge in [0.25, 0.3) is 0 Å². The highest BCUT2D eigenvalue weighted by atomic mass is 14.9. The van der Waals surface area contributed by atoms with Gasteiger partial charge < -0.3 is 5.32 Å². The normalized spacial score (nSPS) is 26.4. The van der Waals surface area contributed by atoms with Crippen LogP contribution in [-0.4, -0.2) is 12.6 Å². The van der Waals surface area contributed by atoms with E-state index in [1.807, 2.05) is 0 Å². The lowest BCUT2D eigenvalue weighted by Gasteiger charge is -2.20. The quantitative estimate of drug-likeness (QED) is 0.671. The Bertz CT molecular complexity index is 149. The Labute approximate surface area is 96.0 Å². The van der Waals surface area contributed by atoms with E-state index in [2.05, 4.69) is 26.1 Å². The standard InChI is InChI=1S/C14H29N/c1-4-6-14(7-5-2)15-11-13-9-8-12(3)10-13/h12-15H,4-11H2,1-3H3. The molecule has 1 rings (SSSR count). The van der Waals surface area contributed by atoms with Gasteiger partial charge in [0.15, 0.2) is 0 Å². The molecule has 1 saturated carbocycles. The minimum atomic E-state index is 0.788. The molecule has 1 heteroatoms. The van der Waals surface area contributed by atoms with Gasteiger partial charge in [0.05, 0.1) is 0 Å². The summed E-state index contributed by atoms with van der Waals surface area (Å²) in [6, 6.07) is 0.788. The van der Waals surface area contributed by atoms with Crippen LogP contribution in [0.25, 0.3) is 0 Å². The first-order chi connectivity index (χ1) is 7.26. The van der Waals surface area contributed by atoms with E-state index in [-0.39, 0.29) is 0 Å². The first kappa shape index (κ1) is 13.0. The molecule has 1 aliphatic rings. The Morgan fingerprint density at radius 3 is 2.27 bits per heavy atom. The molecule has 0 aliphatic heterocycles. The van der Waals surface area contributed by atoms with Crippen molar-refractivity contribution in [3.8, 4) is 0 Å². The predicted octanol–water partition coefficient (Wildman–Crippen LogP) is 3.98. The van der Waals surface area contributed by atoms with E-state index in [1.54, 1.807) is 0 Å². The predicted molar refractivity (Wildman–Crippen MR) is 68.1 cm³/mol. The van der Waals surface area contributed by atoms with Crippen LogP contribution < -0.4 is 5.32 Å². The molecule has 0 aromatic heterocycles. The molecule has 0 heterocycles. The van der Waals surface area contributed by atoms with Crippen LogP contribution >= 0.6 is 0 Å². The number of rotatable bonds is 7. The van der Waals surface area contributed by atoms with Gasteiger partial charge in [-0.05, 0) is 44.1 Å². The molecule has 0 bridgehead atoms. The summed E-state index contributed by atoms with van der Waals surface area (Å²) in [6.07, 6.45) is 9.72. The average molecular weight is 211 g/mol. The molecule has 0 aromatic rings. The summed E-state index contributed by atoms with van der Waals surface area (Å²) in [6.45, 7) is 8.26. The Kier molecular flexibility index (Phi) is 6.31. The minimum absolute atomic E-state index is 0.788. The molecule has 1 fully saturated rings. The molecule has 0 amide bonds. The highest BCUT2D eigenvalue weighted by molar-refractivity contribution is 4.76. The molecule has 0 aromatic carbocycles. The van der Waals surface area contributed by atoms with Crippen molar-refractivity contribution in [1.82, 2.24) is 5.32 Å².